The minimum atomic E-state index is 0.0174. The van der Waals surface area contributed by atoms with Gasteiger partial charge in [-0.1, -0.05) is 0 Å². The van der Waals surface area contributed by atoms with E-state index in [9.17, 15) is 4.79 Å². The lowest BCUT2D eigenvalue weighted by Crippen LogP contribution is -2.34. The molecule has 0 bridgehead atoms. The second kappa shape index (κ2) is 1.97. The Hall–Kier alpha value is -0.570. The highest BCUT2D eigenvalue weighted by Gasteiger charge is 2.62. The highest BCUT2D eigenvalue weighted by Crippen LogP contribution is 2.55. The molecule has 1 saturated heterocycles. The van der Waals surface area contributed by atoms with Gasteiger partial charge in [-0.15, -0.1) is 0 Å². The summed E-state index contributed by atoms with van der Waals surface area (Å²) in [7, 11) is 3.68. The minimum absolute atomic E-state index is 0.0174. The Morgan fingerprint density at radius 2 is 2.36 bits per heavy atom. The molecule has 0 aromatic rings. The number of carbonyl (C=O) groups is 1. The number of nitrogens with one attached hydrogen (secondary N) is 1. The van der Waals surface area contributed by atoms with Crippen molar-refractivity contribution in [2.24, 2.45) is 11.3 Å². The molecule has 0 spiro atoms. The molecule has 11 heavy (non-hydrogen) atoms. The molecule has 2 atom stereocenters. The topological polar surface area (TPSA) is 32.3 Å². The summed E-state index contributed by atoms with van der Waals surface area (Å²) in [6.45, 7) is 1.94. The van der Waals surface area contributed by atoms with Gasteiger partial charge in [0.25, 0.3) is 0 Å². The monoisotopic (exact) mass is 154 g/mol. The molecule has 1 amide bonds. The minimum Gasteiger partial charge on any atom is -0.348 e. The third-order valence-electron chi connectivity index (χ3n) is 2.90. The fourth-order valence-corrected chi connectivity index (χ4v) is 2.12. The van der Waals surface area contributed by atoms with Gasteiger partial charge in [-0.2, -0.15) is 0 Å². The van der Waals surface area contributed by atoms with Crippen LogP contribution in [0.4, 0.5) is 0 Å². The first-order valence-corrected chi connectivity index (χ1v) is 4.09. The van der Waals surface area contributed by atoms with E-state index < -0.39 is 0 Å². The molecular weight excluding hydrogens is 140 g/mol. The van der Waals surface area contributed by atoms with Crippen molar-refractivity contribution in [1.29, 1.82) is 0 Å². The zero-order chi connectivity index (χ0) is 8.06. The van der Waals surface area contributed by atoms with E-state index in [0.29, 0.717) is 11.8 Å². The van der Waals surface area contributed by atoms with E-state index in [-0.39, 0.29) is 5.41 Å². The maximum Gasteiger partial charge on any atom is 0.229 e. The van der Waals surface area contributed by atoms with Crippen molar-refractivity contribution in [2.45, 2.75) is 6.42 Å². The second-order valence-corrected chi connectivity index (χ2v) is 3.89. The van der Waals surface area contributed by atoms with Crippen LogP contribution in [-0.4, -0.2) is 38.0 Å². The fraction of sp³-hybridized carbons (Fsp3) is 0.875. The number of amides is 1. The summed E-state index contributed by atoms with van der Waals surface area (Å²) in [5.74, 6) is 0.949. The van der Waals surface area contributed by atoms with Gasteiger partial charge in [0.05, 0.1) is 5.41 Å². The standard InChI is InChI=1S/C8H14N2O/c1-10(2)7(11)8-3-6(8)4-9-5-8/h6,9H,3-5H2,1-2H3. The molecule has 1 heterocycles. The second-order valence-electron chi connectivity index (χ2n) is 3.89. The average molecular weight is 154 g/mol. The van der Waals surface area contributed by atoms with E-state index in [0.717, 1.165) is 19.5 Å². The zero-order valence-electron chi connectivity index (χ0n) is 7.05. The van der Waals surface area contributed by atoms with Gasteiger partial charge in [-0.3, -0.25) is 4.79 Å². The largest absolute Gasteiger partial charge is 0.348 e. The Kier molecular flexibility index (Phi) is 1.27. The maximum absolute atomic E-state index is 11.6. The number of fused-ring (bicyclic) bond motifs is 1. The van der Waals surface area contributed by atoms with Gasteiger partial charge in [-0.05, 0) is 18.9 Å². The molecule has 2 fully saturated rings. The van der Waals surface area contributed by atoms with Crippen LogP contribution in [0.2, 0.25) is 0 Å². The molecule has 3 heteroatoms. The maximum atomic E-state index is 11.6. The Morgan fingerprint density at radius 1 is 1.64 bits per heavy atom. The van der Waals surface area contributed by atoms with Crippen LogP contribution in [0.1, 0.15) is 6.42 Å². The highest BCUT2D eigenvalue weighted by atomic mass is 16.2. The van der Waals surface area contributed by atoms with Gasteiger partial charge in [-0.25, -0.2) is 0 Å². The van der Waals surface area contributed by atoms with Crippen LogP contribution in [0.5, 0.6) is 0 Å². The molecule has 0 aromatic carbocycles. The molecule has 3 nitrogen and oxygen atoms in total. The molecule has 2 aliphatic rings. The summed E-state index contributed by atoms with van der Waals surface area (Å²) in [4.78, 5) is 13.3. The van der Waals surface area contributed by atoms with Crippen molar-refractivity contribution < 1.29 is 4.79 Å². The summed E-state index contributed by atoms with van der Waals surface area (Å²) < 4.78 is 0. The van der Waals surface area contributed by atoms with E-state index in [4.69, 9.17) is 0 Å². The predicted molar refractivity (Wildman–Crippen MR) is 42.1 cm³/mol. The Balaban J connectivity index is 2.11. The summed E-state index contributed by atoms with van der Waals surface area (Å²) in [6, 6.07) is 0. The van der Waals surface area contributed by atoms with Crippen LogP contribution in [0.15, 0.2) is 0 Å². The van der Waals surface area contributed by atoms with Gasteiger partial charge in [0.15, 0.2) is 0 Å². The number of hydrogen-bond donors (Lipinski definition) is 1. The SMILES string of the molecule is CN(C)C(=O)C12CNCC1C2. The summed E-state index contributed by atoms with van der Waals surface area (Å²) in [5, 5.41) is 3.25. The van der Waals surface area contributed by atoms with Crippen LogP contribution < -0.4 is 5.32 Å². The number of rotatable bonds is 1. The van der Waals surface area contributed by atoms with Gasteiger partial charge in [0, 0.05) is 20.6 Å². The van der Waals surface area contributed by atoms with Gasteiger partial charge in [0.2, 0.25) is 5.91 Å². The smallest absolute Gasteiger partial charge is 0.229 e. The quantitative estimate of drug-likeness (QED) is 0.561. The molecule has 1 aliphatic heterocycles. The lowest BCUT2D eigenvalue weighted by molar-refractivity contribution is -0.134. The molecule has 62 valence electrons. The first kappa shape index (κ1) is 7.10. The molecule has 2 unspecified atom stereocenters. The molecule has 2 rings (SSSR count). The zero-order valence-corrected chi connectivity index (χ0v) is 7.05. The van der Waals surface area contributed by atoms with E-state index >= 15 is 0 Å². The summed E-state index contributed by atoms with van der Waals surface area (Å²) in [5.41, 5.74) is 0.0174. The fourth-order valence-electron chi connectivity index (χ4n) is 2.12. The Bertz CT molecular complexity index is 202. The van der Waals surface area contributed by atoms with Crippen molar-refractivity contribution in [1.82, 2.24) is 10.2 Å². The van der Waals surface area contributed by atoms with Crippen LogP contribution >= 0.6 is 0 Å². The van der Waals surface area contributed by atoms with Gasteiger partial charge >= 0.3 is 0 Å². The first-order valence-electron chi connectivity index (χ1n) is 4.09. The van der Waals surface area contributed by atoms with Crippen LogP contribution in [0.3, 0.4) is 0 Å². The molecule has 0 aromatic heterocycles. The van der Waals surface area contributed by atoms with Crippen LogP contribution in [0, 0.1) is 11.3 Å². The van der Waals surface area contributed by atoms with Crippen molar-refractivity contribution >= 4 is 5.91 Å². The van der Waals surface area contributed by atoms with Crippen molar-refractivity contribution in [2.75, 3.05) is 27.2 Å². The molecule has 1 N–H and O–H groups in total. The highest BCUT2D eigenvalue weighted by molar-refractivity contribution is 5.86. The number of piperidine rings is 1. The van der Waals surface area contributed by atoms with E-state index in [1.165, 1.54) is 0 Å². The third kappa shape index (κ3) is 0.805. The van der Waals surface area contributed by atoms with Gasteiger partial charge < -0.3 is 10.2 Å². The number of nitrogens with zero attached hydrogens (tertiary/aromatic N) is 1. The lowest BCUT2D eigenvalue weighted by Gasteiger charge is -2.16. The first-order chi connectivity index (χ1) is 5.17. The van der Waals surface area contributed by atoms with E-state index in [2.05, 4.69) is 5.32 Å². The summed E-state index contributed by atoms with van der Waals surface area (Å²) in [6.07, 6.45) is 1.11. The van der Waals surface area contributed by atoms with Crippen LogP contribution in [0.25, 0.3) is 0 Å². The molecule has 1 aliphatic carbocycles. The Morgan fingerprint density at radius 3 is 2.73 bits per heavy atom. The van der Waals surface area contributed by atoms with Crippen molar-refractivity contribution in [3.63, 3.8) is 0 Å². The van der Waals surface area contributed by atoms with Crippen molar-refractivity contribution in [3.05, 3.63) is 0 Å². The number of hydrogen-bond acceptors (Lipinski definition) is 2. The van der Waals surface area contributed by atoms with Crippen molar-refractivity contribution in [3.8, 4) is 0 Å². The predicted octanol–water partition coefficient (Wildman–Crippen LogP) is -0.316. The molecule has 0 radical (unpaired) electrons. The normalized spacial score (nSPS) is 40.0. The lowest BCUT2D eigenvalue weighted by atomic mass is 10.1. The average Bonchev–Trinajstić information content (AvgIpc) is 2.54. The summed E-state index contributed by atoms with van der Waals surface area (Å²) >= 11 is 0. The van der Waals surface area contributed by atoms with E-state index in [1.54, 1.807) is 4.90 Å². The molecule has 1 saturated carbocycles. The third-order valence-corrected chi connectivity index (χ3v) is 2.90. The van der Waals surface area contributed by atoms with Crippen LogP contribution in [-0.2, 0) is 4.79 Å². The van der Waals surface area contributed by atoms with E-state index in [1.807, 2.05) is 14.1 Å². The Labute approximate surface area is 66.8 Å². The van der Waals surface area contributed by atoms with Gasteiger partial charge in [0.1, 0.15) is 0 Å². The molecular formula is C8H14N2O. The number of carbonyl (C=O) groups excluding carboxylic acids is 1.